The van der Waals surface area contributed by atoms with Crippen LogP contribution in [-0.4, -0.2) is 59.8 Å². The first-order valence-corrected chi connectivity index (χ1v) is 7.23. The van der Waals surface area contributed by atoms with Gasteiger partial charge in [-0.3, -0.25) is 4.79 Å². The lowest BCUT2D eigenvalue weighted by Crippen LogP contribution is -2.44. The zero-order chi connectivity index (χ0) is 13.8. The standard InChI is InChI=1S/C12H19N5OS/c1-9-7-11(17-5-3-16(2)4-6-17)15-12(14-9)19-8-10(13)18/h7H,3-6,8H2,1-2H3,(H2,13,18). The Hall–Kier alpha value is -1.34. The van der Waals surface area contributed by atoms with Crippen LogP contribution < -0.4 is 10.6 Å². The number of piperazine rings is 1. The number of hydrogen-bond acceptors (Lipinski definition) is 6. The maximum atomic E-state index is 10.8. The summed E-state index contributed by atoms with van der Waals surface area (Å²) in [6.07, 6.45) is 0. The molecule has 1 amide bonds. The van der Waals surface area contributed by atoms with E-state index in [2.05, 4.69) is 26.8 Å². The summed E-state index contributed by atoms with van der Waals surface area (Å²) in [7, 11) is 2.12. The van der Waals surface area contributed by atoms with Gasteiger partial charge >= 0.3 is 0 Å². The number of hydrogen-bond donors (Lipinski definition) is 1. The van der Waals surface area contributed by atoms with Crippen LogP contribution in [-0.2, 0) is 4.79 Å². The normalized spacial score (nSPS) is 16.6. The smallest absolute Gasteiger partial charge is 0.227 e. The molecule has 1 aliphatic rings. The summed E-state index contributed by atoms with van der Waals surface area (Å²) >= 11 is 1.29. The van der Waals surface area contributed by atoms with Crippen LogP contribution in [0.3, 0.4) is 0 Å². The van der Waals surface area contributed by atoms with Crippen molar-refractivity contribution >= 4 is 23.5 Å². The number of anilines is 1. The van der Waals surface area contributed by atoms with Crippen molar-refractivity contribution in [3.8, 4) is 0 Å². The molecule has 0 radical (unpaired) electrons. The Bertz CT molecular complexity index is 459. The second-order valence-corrected chi connectivity index (χ2v) is 5.64. The van der Waals surface area contributed by atoms with E-state index in [-0.39, 0.29) is 11.7 Å². The molecule has 0 saturated carbocycles. The monoisotopic (exact) mass is 281 g/mol. The molecule has 0 aliphatic carbocycles. The van der Waals surface area contributed by atoms with E-state index in [9.17, 15) is 4.79 Å². The Balaban J connectivity index is 2.09. The highest BCUT2D eigenvalue weighted by Crippen LogP contribution is 2.19. The fraction of sp³-hybridized carbons (Fsp3) is 0.583. The fourth-order valence-electron chi connectivity index (χ4n) is 1.92. The van der Waals surface area contributed by atoms with Crippen LogP contribution >= 0.6 is 11.8 Å². The van der Waals surface area contributed by atoms with E-state index in [0.29, 0.717) is 5.16 Å². The number of carbonyl (C=O) groups is 1. The zero-order valence-electron chi connectivity index (χ0n) is 11.3. The van der Waals surface area contributed by atoms with Gasteiger partial charge in [0.25, 0.3) is 0 Å². The van der Waals surface area contributed by atoms with Gasteiger partial charge in [-0.15, -0.1) is 0 Å². The van der Waals surface area contributed by atoms with Crippen LogP contribution in [0.4, 0.5) is 5.82 Å². The van der Waals surface area contributed by atoms with Gasteiger partial charge in [0.2, 0.25) is 5.91 Å². The lowest BCUT2D eigenvalue weighted by molar-refractivity contribution is -0.115. The highest BCUT2D eigenvalue weighted by molar-refractivity contribution is 7.99. The molecule has 1 fully saturated rings. The summed E-state index contributed by atoms with van der Waals surface area (Å²) < 4.78 is 0. The summed E-state index contributed by atoms with van der Waals surface area (Å²) in [4.78, 5) is 24.2. The van der Waals surface area contributed by atoms with Crippen molar-refractivity contribution in [3.05, 3.63) is 11.8 Å². The molecular formula is C12H19N5OS. The highest BCUT2D eigenvalue weighted by atomic mass is 32.2. The summed E-state index contributed by atoms with van der Waals surface area (Å²) in [6.45, 7) is 5.94. The number of amides is 1. The quantitative estimate of drug-likeness (QED) is 0.624. The Kier molecular flexibility index (Phi) is 4.60. The summed E-state index contributed by atoms with van der Waals surface area (Å²) in [5.41, 5.74) is 6.06. The van der Waals surface area contributed by atoms with E-state index in [1.165, 1.54) is 11.8 Å². The molecule has 0 spiro atoms. The van der Waals surface area contributed by atoms with Gasteiger partial charge in [-0.2, -0.15) is 0 Å². The number of carbonyl (C=O) groups excluding carboxylic acids is 1. The molecule has 0 bridgehead atoms. The molecule has 7 heteroatoms. The van der Waals surface area contributed by atoms with Gasteiger partial charge in [-0.1, -0.05) is 11.8 Å². The van der Waals surface area contributed by atoms with Gasteiger partial charge in [0, 0.05) is 37.9 Å². The van der Waals surface area contributed by atoms with Crippen LogP contribution in [0.1, 0.15) is 5.69 Å². The largest absolute Gasteiger partial charge is 0.369 e. The number of likely N-dealkylation sites (N-methyl/N-ethyl adjacent to an activating group) is 1. The van der Waals surface area contributed by atoms with Crippen LogP contribution in [0.2, 0.25) is 0 Å². The minimum atomic E-state index is -0.351. The van der Waals surface area contributed by atoms with Crippen molar-refractivity contribution in [3.63, 3.8) is 0 Å². The van der Waals surface area contributed by atoms with E-state index in [1.807, 2.05) is 13.0 Å². The van der Waals surface area contributed by atoms with Gasteiger partial charge in [0.05, 0.1) is 5.75 Å². The van der Waals surface area contributed by atoms with E-state index in [1.54, 1.807) is 0 Å². The molecule has 104 valence electrons. The summed E-state index contributed by atoms with van der Waals surface area (Å²) in [5.74, 6) is 0.801. The van der Waals surface area contributed by atoms with Crippen molar-refractivity contribution in [1.29, 1.82) is 0 Å². The molecule has 1 aromatic heterocycles. The minimum Gasteiger partial charge on any atom is -0.369 e. The first kappa shape index (κ1) is 14.1. The molecule has 6 nitrogen and oxygen atoms in total. The van der Waals surface area contributed by atoms with Crippen LogP contribution in [0, 0.1) is 6.92 Å². The topological polar surface area (TPSA) is 75.3 Å². The van der Waals surface area contributed by atoms with E-state index in [0.717, 1.165) is 37.7 Å². The number of aryl methyl sites for hydroxylation is 1. The van der Waals surface area contributed by atoms with Crippen LogP contribution in [0.15, 0.2) is 11.2 Å². The fourth-order valence-corrected chi connectivity index (χ4v) is 2.56. The highest BCUT2D eigenvalue weighted by Gasteiger charge is 2.16. The predicted molar refractivity (Wildman–Crippen MR) is 76.4 cm³/mol. The summed E-state index contributed by atoms with van der Waals surface area (Å²) in [5, 5.41) is 0.618. The van der Waals surface area contributed by atoms with E-state index >= 15 is 0 Å². The number of primary amides is 1. The Labute approximate surface area is 117 Å². The number of nitrogens with zero attached hydrogens (tertiary/aromatic N) is 4. The van der Waals surface area contributed by atoms with E-state index < -0.39 is 0 Å². The van der Waals surface area contributed by atoms with Crippen molar-refractivity contribution in [1.82, 2.24) is 14.9 Å². The number of nitrogens with two attached hydrogens (primary N) is 1. The molecule has 0 atom stereocenters. The average molecular weight is 281 g/mol. The number of thioether (sulfide) groups is 1. The second kappa shape index (κ2) is 6.21. The SMILES string of the molecule is Cc1cc(N2CCN(C)CC2)nc(SCC(N)=O)n1. The Morgan fingerprint density at radius 1 is 1.37 bits per heavy atom. The maximum Gasteiger partial charge on any atom is 0.227 e. The first-order valence-electron chi connectivity index (χ1n) is 6.25. The van der Waals surface area contributed by atoms with Gasteiger partial charge in [-0.25, -0.2) is 9.97 Å². The number of aromatic nitrogens is 2. The van der Waals surface area contributed by atoms with Gasteiger partial charge < -0.3 is 15.5 Å². The van der Waals surface area contributed by atoms with Crippen molar-refractivity contribution < 1.29 is 4.79 Å². The molecule has 1 aliphatic heterocycles. The third-order valence-corrected chi connectivity index (χ3v) is 3.86. The molecule has 1 saturated heterocycles. The average Bonchev–Trinajstić information content (AvgIpc) is 2.36. The molecule has 1 aromatic rings. The molecule has 2 heterocycles. The molecule has 2 N–H and O–H groups in total. The van der Waals surface area contributed by atoms with E-state index in [4.69, 9.17) is 5.73 Å². The van der Waals surface area contributed by atoms with Gasteiger partial charge in [-0.05, 0) is 14.0 Å². The Morgan fingerprint density at radius 3 is 2.68 bits per heavy atom. The Morgan fingerprint density at radius 2 is 2.05 bits per heavy atom. The minimum absolute atomic E-state index is 0.214. The van der Waals surface area contributed by atoms with Gasteiger partial charge in [0.1, 0.15) is 5.82 Å². The molecule has 0 aromatic carbocycles. The molecule has 0 unspecified atom stereocenters. The molecule has 2 rings (SSSR count). The van der Waals surface area contributed by atoms with Crippen LogP contribution in [0.5, 0.6) is 0 Å². The third kappa shape index (κ3) is 4.07. The number of rotatable bonds is 4. The maximum absolute atomic E-state index is 10.8. The molecule has 19 heavy (non-hydrogen) atoms. The third-order valence-electron chi connectivity index (χ3n) is 2.99. The van der Waals surface area contributed by atoms with Crippen molar-refractivity contribution in [2.45, 2.75) is 12.1 Å². The zero-order valence-corrected chi connectivity index (χ0v) is 12.1. The predicted octanol–water partition coefficient (Wildman–Crippen LogP) is 0.114. The lowest BCUT2D eigenvalue weighted by Gasteiger charge is -2.33. The van der Waals surface area contributed by atoms with Gasteiger partial charge in [0.15, 0.2) is 5.16 Å². The summed E-state index contributed by atoms with van der Waals surface area (Å²) in [6, 6.07) is 1.99. The molecular weight excluding hydrogens is 262 g/mol. The van der Waals surface area contributed by atoms with Crippen molar-refractivity contribution in [2.24, 2.45) is 5.73 Å². The second-order valence-electron chi connectivity index (χ2n) is 4.70. The first-order chi connectivity index (χ1) is 9.04. The van der Waals surface area contributed by atoms with Crippen molar-refractivity contribution in [2.75, 3.05) is 43.9 Å². The lowest BCUT2D eigenvalue weighted by atomic mass is 10.3. The van der Waals surface area contributed by atoms with Crippen LogP contribution in [0.25, 0.3) is 0 Å².